The molecule has 1 aromatic carbocycles. The van der Waals surface area contributed by atoms with Gasteiger partial charge in [-0.25, -0.2) is 0 Å². The lowest BCUT2D eigenvalue weighted by Gasteiger charge is -2.42. The molecule has 0 aromatic heterocycles. The van der Waals surface area contributed by atoms with E-state index in [1.807, 2.05) is 18.2 Å². The molecule has 98 valence electrons. The first-order valence-corrected chi connectivity index (χ1v) is 6.74. The number of nitrogens with two attached hydrogens (primary N) is 1. The van der Waals surface area contributed by atoms with E-state index in [9.17, 15) is 0 Å². The third kappa shape index (κ3) is 1.97. The van der Waals surface area contributed by atoms with Gasteiger partial charge >= 0.3 is 0 Å². The largest absolute Gasteiger partial charge is 0.370 e. The predicted octanol–water partition coefficient (Wildman–Crippen LogP) is 2.98. The first kappa shape index (κ1) is 13.2. The van der Waals surface area contributed by atoms with Crippen LogP contribution < -0.4 is 5.73 Å². The average Bonchev–Trinajstić information content (AvgIpc) is 2.67. The molecule has 1 heterocycles. The molecule has 1 aliphatic rings. The summed E-state index contributed by atoms with van der Waals surface area (Å²) in [6.07, 6.45) is 0.954. The number of hydrogen-bond donors (Lipinski definition) is 1. The van der Waals surface area contributed by atoms with Gasteiger partial charge in [0.1, 0.15) is 0 Å². The second-order valence-corrected chi connectivity index (χ2v) is 5.47. The SMILES string of the molecule is CCC1(c2cccc(Cl)c2)CN=C(N)N1C(C)C. The topological polar surface area (TPSA) is 41.6 Å². The molecule has 18 heavy (non-hydrogen) atoms. The molecule has 0 radical (unpaired) electrons. The number of halogens is 1. The first-order chi connectivity index (χ1) is 8.51. The Morgan fingerprint density at radius 1 is 1.50 bits per heavy atom. The average molecular weight is 266 g/mol. The monoisotopic (exact) mass is 265 g/mol. The molecule has 3 nitrogen and oxygen atoms in total. The normalized spacial score (nSPS) is 23.6. The Kier molecular flexibility index (Phi) is 3.53. The van der Waals surface area contributed by atoms with Crippen molar-refractivity contribution in [1.82, 2.24) is 4.90 Å². The quantitative estimate of drug-likeness (QED) is 0.913. The number of rotatable bonds is 3. The van der Waals surface area contributed by atoms with Gasteiger partial charge in [-0.05, 0) is 38.0 Å². The minimum atomic E-state index is -0.150. The summed E-state index contributed by atoms with van der Waals surface area (Å²) >= 11 is 6.12. The van der Waals surface area contributed by atoms with Crippen LogP contribution in [0.25, 0.3) is 0 Å². The molecular weight excluding hydrogens is 246 g/mol. The second-order valence-electron chi connectivity index (χ2n) is 5.03. The summed E-state index contributed by atoms with van der Waals surface area (Å²) < 4.78 is 0. The van der Waals surface area contributed by atoms with E-state index in [4.69, 9.17) is 17.3 Å². The summed E-state index contributed by atoms with van der Waals surface area (Å²) in [5.41, 5.74) is 7.09. The molecule has 2 rings (SSSR count). The molecule has 0 saturated heterocycles. The van der Waals surface area contributed by atoms with Crippen LogP contribution in [0.4, 0.5) is 0 Å². The number of benzene rings is 1. The van der Waals surface area contributed by atoms with E-state index in [0.717, 1.165) is 11.4 Å². The highest BCUT2D eigenvalue weighted by Gasteiger charge is 2.43. The third-order valence-electron chi connectivity index (χ3n) is 3.67. The Morgan fingerprint density at radius 2 is 2.22 bits per heavy atom. The maximum Gasteiger partial charge on any atom is 0.192 e. The minimum Gasteiger partial charge on any atom is -0.370 e. The Morgan fingerprint density at radius 3 is 2.78 bits per heavy atom. The van der Waals surface area contributed by atoms with Crippen molar-refractivity contribution < 1.29 is 0 Å². The van der Waals surface area contributed by atoms with Crippen LogP contribution in [0.3, 0.4) is 0 Å². The lowest BCUT2D eigenvalue weighted by atomic mass is 9.85. The Bertz CT molecular complexity index is 470. The van der Waals surface area contributed by atoms with Crippen molar-refractivity contribution in [2.24, 2.45) is 10.7 Å². The van der Waals surface area contributed by atoms with E-state index in [0.29, 0.717) is 18.5 Å². The van der Waals surface area contributed by atoms with Crippen LogP contribution in [0.15, 0.2) is 29.3 Å². The van der Waals surface area contributed by atoms with Gasteiger partial charge in [0, 0.05) is 11.1 Å². The zero-order chi connectivity index (χ0) is 13.3. The van der Waals surface area contributed by atoms with Crippen LogP contribution in [-0.2, 0) is 5.54 Å². The highest BCUT2D eigenvalue weighted by Crippen LogP contribution is 2.38. The molecular formula is C14H20ClN3. The van der Waals surface area contributed by atoms with Gasteiger partial charge in [0.05, 0.1) is 12.1 Å². The van der Waals surface area contributed by atoms with Gasteiger partial charge in [-0.1, -0.05) is 30.7 Å². The van der Waals surface area contributed by atoms with E-state index in [2.05, 4.69) is 36.7 Å². The van der Waals surface area contributed by atoms with Crippen LogP contribution in [0.2, 0.25) is 5.02 Å². The van der Waals surface area contributed by atoms with Gasteiger partial charge in [0.15, 0.2) is 5.96 Å². The van der Waals surface area contributed by atoms with Crippen LogP contribution >= 0.6 is 11.6 Å². The van der Waals surface area contributed by atoms with E-state index in [-0.39, 0.29) is 5.54 Å². The standard InChI is InChI=1S/C14H20ClN3/c1-4-14(11-6-5-7-12(15)8-11)9-17-13(16)18(14)10(2)3/h5-8,10H,4,9H2,1-3H3,(H2,16,17). The van der Waals surface area contributed by atoms with Crippen molar-refractivity contribution in [2.75, 3.05) is 6.54 Å². The molecule has 0 saturated carbocycles. The zero-order valence-electron chi connectivity index (χ0n) is 11.2. The molecule has 0 spiro atoms. The van der Waals surface area contributed by atoms with Crippen molar-refractivity contribution in [2.45, 2.75) is 38.8 Å². The minimum absolute atomic E-state index is 0.150. The Balaban J connectivity index is 2.49. The molecule has 2 N–H and O–H groups in total. The first-order valence-electron chi connectivity index (χ1n) is 6.36. The summed E-state index contributed by atoms with van der Waals surface area (Å²) in [5.74, 6) is 0.631. The molecule has 0 bridgehead atoms. The van der Waals surface area contributed by atoms with Crippen LogP contribution in [0, 0.1) is 0 Å². The summed E-state index contributed by atoms with van der Waals surface area (Å²) in [6, 6.07) is 8.33. The van der Waals surface area contributed by atoms with E-state index < -0.39 is 0 Å². The van der Waals surface area contributed by atoms with Gasteiger partial charge in [-0.2, -0.15) is 0 Å². The molecule has 4 heteroatoms. The number of hydrogen-bond acceptors (Lipinski definition) is 3. The number of aliphatic imine (C=N–C) groups is 1. The summed E-state index contributed by atoms with van der Waals surface area (Å²) in [5, 5.41) is 0.759. The van der Waals surface area contributed by atoms with Crippen molar-refractivity contribution in [1.29, 1.82) is 0 Å². The van der Waals surface area contributed by atoms with Gasteiger partial charge in [-0.3, -0.25) is 4.99 Å². The number of nitrogens with zero attached hydrogens (tertiary/aromatic N) is 2. The molecule has 1 unspecified atom stereocenters. The lowest BCUT2D eigenvalue weighted by Crippen LogP contribution is -2.52. The van der Waals surface area contributed by atoms with Gasteiger partial charge in [-0.15, -0.1) is 0 Å². The van der Waals surface area contributed by atoms with Crippen LogP contribution in [0.1, 0.15) is 32.8 Å². The fraction of sp³-hybridized carbons (Fsp3) is 0.500. The molecule has 1 atom stereocenters. The smallest absolute Gasteiger partial charge is 0.192 e. The molecule has 1 aromatic rings. The fourth-order valence-electron chi connectivity index (χ4n) is 2.84. The highest BCUT2D eigenvalue weighted by molar-refractivity contribution is 6.30. The van der Waals surface area contributed by atoms with Crippen molar-refractivity contribution in [3.05, 3.63) is 34.9 Å². The maximum atomic E-state index is 6.12. The Labute approximate surface area is 114 Å². The third-order valence-corrected chi connectivity index (χ3v) is 3.91. The number of guanidine groups is 1. The van der Waals surface area contributed by atoms with Crippen molar-refractivity contribution >= 4 is 17.6 Å². The van der Waals surface area contributed by atoms with Crippen LogP contribution in [0.5, 0.6) is 0 Å². The summed E-state index contributed by atoms with van der Waals surface area (Å²) in [6.45, 7) is 7.16. The van der Waals surface area contributed by atoms with Crippen molar-refractivity contribution in [3.8, 4) is 0 Å². The summed E-state index contributed by atoms with van der Waals surface area (Å²) in [4.78, 5) is 6.65. The van der Waals surface area contributed by atoms with E-state index in [1.165, 1.54) is 5.56 Å². The van der Waals surface area contributed by atoms with Gasteiger partial charge < -0.3 is 10.6 Å². The fourth-order valence-corrected chi connectivity index (χ4v) is 3.03. The molecule has 0 amide bonds. The van der Waals surface area contributed by atoms with Crippen molar-refractivity contribution in [3.63, 3.8) is 0 Å². The van der Waals surface area contributed by atoms with Crippen LogP contribution in [-0.4, -0.2) is 23.4 Å². The molecule has 1 aliphatic heterocycles. The maximum absolute atomic E-state index is 6.12. The Hall–Kier alpha value is -1.22. The van der Waals surface area contributed by atoms with Gasteiger partial charge in [0.25, 0.3) is 0 Å². The lowest BCUT2D eigenvalue weighted by molar-refractivity contribution is 0.158. The van der Waals surface area contributed by atoms with E-state index in [1.54, 1.807) is 0 Å². The summed E-state index contributed by atoms with van der Waals surface area (Å²) in [7, 11) is 0. The molecule has 0 fully saturated rings. The van der Waals surface area contributed by atoms with E-state index >= 15 is 0 Å². The second kappa shape index (κ2) is 4.81. The van der Waals surface area contributed by atoms with Gasteiger partial charge in [0.2, 0.25) is 0 Å². The zero-order valence-corrected chi connectivity index (χ0v) is 11.9. The molecule has 0 aliphatic carbocycles. The highest BCUT2D eigenvalue weighted by atomic mass is 35.5. The predicted molar refractivity (Wildman–Crippen MR) is 76.9 cm³/mol.